The molecule has 1 N–H and O–H groups in total. The third-order valence-electron chi connectivity index (χ3n) is 2.77. The van der Waals surface area contributed by atoms with Gasteiger partial charge in [-0.05, 0) is 30.2 Å². The van der Waals surface area contributed by atoms with Gasteiger partial charge in [0.25, 0.3) is 0 Å². The van der Waals surface area contributed by atoms with Crippen molar-refractivity contribution in [2.24, 2.45) is 0 Å². The second-order valence-electron chi connectivity index (χ2n) is 4.23. The number of benzene rings is 2. The third-order valence-corrected chi connectivity index (χ3v) is 3.51. The number of nitrogens with one attached hydrogen (secondary N) is 1. The van der Waals surface area contributed by atoms with Gasteiger partial charge in [0.05, 0.1) is 10.5 Å². The molecule has 1 amide bonds. The van der Waals surface area contributed by atoms with Crippen molar-refractivity contribution < 1.29 is 13.6 Å². The first-order valence-electron chi connectivity index (χ1n) is 6.01. The number of halogens is 3. The first-order chi connectivity index (χ1) is 9.58. The van der Waals surface area contributed by atoms with E-state index < -0.39 is 16.6 Å². The fraction of sp³-hybridized carbons (Fsp3) is 0.133. The normalized spacial score (nSPS) is 11.9. The Morgan fingerprint density at radius 2 is 1.65 bits per heavy atom. The standard InChI is InChI=1S/C15H12BrF2NO/c16-11(9-10-5-1-2-6-12(10)17)15(20)19-14-8-4-3-7-13(14)18/h1-8,11H,9H2,(H,19,20). The number of hydrogen-bond acceptors (Lipinski definition) is 1. The van der Waals surface area contributed by atoms with E-state index >= 15 is 0 Å². The van der Waals surface area contributed by atoms with E-state index in [1.165, 1.54) is 24.3 Å². The zero-order valence-electron chi connectivity index (χ0n) is 10.4. The summed E-state index contributed by atoms with van der Waals surface area (Å²) in [5, 5.41) is 2.47. The minimum absolute atomic E-state index is 0.107. The summed E-state index contributed by atoms with van der Waals surface area (Å²) in [6, 6.07) is 12.1. The zero-order valence-corrected chi connectivity index (χ0v) is 12.0. The van der Waals surface area contributed by atoms with Gasteiger partial charge in [0.15, 0.2) is 0 Å². The second-order valence-corrected chi connectivity index (χ2v) is 5.34. The maximum absolute atomic E-state index is 13.5. The maximum atomic E-state index is 13.5. The molecule has 2 aromatic carbocycles. The summed E-state index contributed by atoms with van der Waals surface area (Å²) < 4.78 is 26.9. The van der Waals surface area contributed by atoms with Crippen LogP contribution in [0.3, 0.4) is 0 Å². The summed E-state index contributed by atoms with van der Waals surface area (Å²) in [5.74, 6) is -1.29. The number of amides is 1. The maximum Gasteiger partial charge on any atom is 0.238 e. The average molecular weight is 340 g/mol. The lowest BCUT2D eigenvalue weighted by Gasteiger charge is -2.12. The molecule has 5 heteroatoms. The lowest BCUT2D eigenvalue weighted by atomic mass is 10.1. The number of alkyl halides is 1. The topological polar surface area (TPSA) is 29.1 Å². The van der Waals surface area contributed by atoms with Crippen molar-refractivity contribution >= 4 is 27.5 Å². The molecule has 2 aromatic rings. The van der Waals surface area contributed by atoms with Crippen LogP contribution in [0.4, 0.5) is 14.5 Å². The number of rotatable bonds is 4. The number of para-hydroxylation sites is 1. The van der Waals surface area contributed by atoms with Gasteiger partial charge >= 0.3 is 0 Å². The molecule has 0 fully saturated rings. The van der Waals surface area contributed by atoms with Gasteiger partial charge in [-0.15, -0.1) is 0 Å². The van der Waals surface area contributed by atoms with Gasteiger partial charge in [0.1, 0.15) is 11.6 Å². The van der Waals surface area contributed by atoms with Crippen molar-refractivity contribution in [2.75, 3.05) is 5.32 Å². The lowest BCUT2D eigenvalue weighted by molar-refractivity contribution is -0.115. The van der Waals surface area contributed by atoms with Crippen LogP contribution in [0.2, 0.25) is 0 Å². The van der Waals surface area contributed by atoms with Crippen LogP contribution in [0, 0.1) is 11.6 Å². The van der Waals surface area contributed by atoms with E-state index in [1.54, 1.807) is 24.3 Å². The molecule has 2 rings (SSSR count). The summed E-state index contributed by atoms with van der Waals surface area (Å²) in [7, 11) is 0. The highest BCUT2D eigenvalue weighted by Crippen LogP contribution is 2.17. The predicted molar refractivity (Wildman–Crippen MR) is 77.8 cm³/mol. The molecule has 0 aliphatic heterocycles. The highest BCUT2D eigenvalue weighted by molar-refractivity contribution is 9.10. The van der Waals surface area contributed by atoms with E-state index in [9.17, 15) is 13.6 Å². The second kappa shape index (κ2) is 6.61. The summed E-state index contributed by atoms with van der Waals surface area (Å²) in [5.41, 5.74) is 0.536. The molecular weight excluding hydrogens is 328 g/mol. The van der Waals surface area contributed by atoms with Crippen LogP contribution in [0.25, 0.3) is 0 Å². The summed E-state index contributed by atoms with van der Waals surface area (Å²) in [4.78, 5) is 11.3. The van der Waals surface area contributed by atoms with Crippen LogP contribution in [-0.2, 0) is 11.2 Å². The van der Waals surface area contributed by atoms with Gasteiger partial charge in [-0.1, -0.05) is 46.3 Å². The van der Waals surface area contributed by atoms with Crippen LogP contribution in [0.1, 0.15) is 5.56 Å². The lowest BCUT2D eigenvalue weighted by Crippen LogP contribution is -2.25. The minimum atomic E-state index is -0.640. The Hall–Kier alpha value is -1.75. The van der Waals surface area contributed by atoms with Gasteiger partial charge in [0, 0.05) is 0 Å². The van der Waals surface area contributed by atoms with E-state index in [1.807, 2.05) is 0 Å². The largest absolute Gasteiger partial charge is 0.323 e. The Kier molecular flexibility index (Phi) is 4.84. The van der Waals surface area contributed by atoms with Crippen molar-refractivity contribution in [3.63, 3.8) is 0 Å². The van der Waals surface area contributed by atoms with Crippen molar-refractivity contribution in [1.29, 1.82) is 0 Å². The summed E-state index contributed by atoms with van der Waals surface area (Å²) in [6.07, 6.45) is 0.187. The fourth-order valence-electron chi connectivity index (χ4n) is 1.72. The van der Waals surface area contributed by atoms with Crippen LogP contribution >= 0.6 is 15.9 Å². The van der Waals surface area contributed by atoms with E-state index in [2.05, 4.69) is 21.2 Å². The van der Waals surface area contributed by atoms with Crippen LogP contribution in [0.5, 0.6) is 0 Å². The Bertz CT molecular complexity index is 618. The molecule has 0 heterocycles. The van der Waals surface area contributed by atoms with Crippen LogP contribution in [0.15, 0.2) is 48.5 Å². The highest BCUT2D eigenvalue weighted by atomic mass is 79.9. The minimum Gasteiger partial charge on any atom is -0.323 e. The highest BCUT2D eigenvalue weighted by Gasteiger charge is 2.18. The van der Waals surface area contributed by atoms with Gasteiger partial charge in [-0.3, -0.25) is 4.79 Å². The molecule has 0 saturated carbocycles. The molecule has 1 atom stereocenters. The number of carbonyl (C=O) groups excluding carboxylic acids is 1. The zero-order chi connectivity index (χ0) is 14.5. The molecule has 0 aliphatic rings. The Balaban J connectivity index is 2.03. The summed E-state index contributed by atoms with van der Waals surface area (Å²) in [6.45, 7) is 0. The van der Waals surface area contributed by atoms with Gasteiger partial charge in [-0.25, -0.2) is 8.78 Å². The van der Waals surface area contributed by atoms with Gasteiger partial charge in [0.2, 0.25) is 5.91 Å². The molecule has 2 nitrogen and oxygen atoms in total. The molecule has 0 spiro atoms. The molecule has 0 aliphatic carbocycles. The molecule has 0 bridgehead atoms. The van der Waals surface area contributed by atoms with Crippen LogP contribution < -0.4 is 5.32 Å². The molecule has 0 saturated heterocycles. The number of carbonyl (C=O) groups is 1. The molecule has 104 valence electrons. The van der Waals surface area contributed by atoms with E-state index in [0.29, 0.717) is 5.56 Å². The molecule has 20 heavy (non-hydrogen) atoms. The first kappa shape index (κ1) is 14.7. The van der Waals surface area contributed by atoms with Gasteiger partial charge in [-0.2, -0.15) is 0 Å². The van der Waals surface area contributed by atoms with Gasteiger partial charge < -0.3 is 5.32 Å². The average Bonchev–Trinajstić information content (AvgIpc) is 2.43. The molecular formula is C15H12BrF2NO. The monoisotopic (exact) mass is 339 g/mol. The van der Waals surface area contributed by atoms with E-state index in [0.717, 1.165) is 0 Å². The molecule has 1 unspecified atom stereocenters. The first-order valence-corrected chi connectivity index (χ1v) is 6.92. The number of hydrogen-bond donors (Lipinski definition) is 1. The Morgan fingerprint density at radius 3 is 2.30 bits per heavy atom. The summed E-state index contributed by atoms with van der Waals surface area (Å²) >= 11 is 3.20. The van der Waals surface area contributed by atoms with E-state index in [4.69, 9.17) is 0 Å². The van der Waals surface area contributed by atoms with Crippen LogP contribution in [-0.4, -0.2) is 10.7 Å². The third kappa shape index (κ3) is 3.63. The molecule has 0 radical (unpaired) electrons. The van der Waals surface area contributed by atoms with Crippen molar-refractivity contribution in [2.45, 2.75) is 11.2 Å². The Morgan fingerprint density at radius 1 is 1.05 bits per heavy atom. The van der Waals surface area contributed by atoms with E-state index in [-0.39, 0.29) is 17.9 Å². The van der Waals surface area contributed by atoms with Crippen molar-refractivity contribution in [3.8, 4) is 0 Å². The Labute approximate surface area is 123 Å². The quantitative estimate of drug-likeness (QED) is 0.840. The number of anilines is 1. The smallest absolute Gasteiger partial charge is 0.238 e. The predicted octanol–water partition coefficient (Wildman–Crippen LogP) is 3.91. The van der Waals surface area contributed by atoms with Crippen molar-refractivity contribution in [1.82, 2.24) is 0 Å². The molecule has 0 aromatic heterocycles. The SMILES string of the molecule is O=C(Nc1ccccc1F)C(Br)Cc1ccccc1F. The fourth-order valence-corrected chi connectivity index (χ4v) is 2.19. The van der Waals surface area contributed by atoms with Crippen molar-refractivity contribution in [3.05, 3.63) is 65.7 Å².